The zero-order valence-electron chi connectivity index (χ0n) is 12.7. The standard InChI is InChI=1S/C15H24N6/c1-2-15(17,13-16)5-3-8-20-9-11-21(12-10-20)14-18-6-4-7-19-14/h4,6-7H,2-3,5,8-12,17H2,1H3. The molecule has 0 radical (unpaired) electrons. The van der Waals surface area contributed by atoms with Crippen molar-refractivity contribution in [2.45, 2.75) is 31.7 Å². The third-order valence-corrected chi connectivity index (χ3v) is 4.16. The van der Waals surface area contributed by atoms with Gasteiger partial charge in [-0.1, -0.05) is 6.92 Å². The van der Waals surface area contributed by atoms with Gasteiger partial charge >= 0.3 is 0 Å². The molecule has 1 aliphatic heterocycles. The van der Waals surface area contributed by atoms with Crippen LogP contribution in [-0.2, 0) is 0 Å². The van der Waals surface area contributed by atoms with E-state index in [9.17, 15) is 0 Å². The second-order valence-corrected chi connectivity index (χ2v) is 5.60. The van der Waals surface area contributed by atoms with Gasteiger partial charge in [0.15, 0.2) is 0 Å². The molecule has 1 aliphatic rings. The maximum atomic E-state index is 9.07. The molecule has 1 aromatic heterocycles. The summed E-state index contributed by atoms with van der Waals surface area (Å²) < 4.78 is 0. The predicted molar refractivity (Wildman–Crippen MR) is 82.7 cm³/mol. The summed E-state index contributed by atoms with van der Waals surface area (Å²) in [7, 11) is 0. The minimum Gasteiger partial charge on any atom is -0.338 e. The second-order valence-electron chi connectivity index (χ2n) is 5.60. The summed E-state index contributed by atoms with van der Waals surface area (Å²) in [6, 6.07) is 4.06. The van der Waals surface area contributed by atoms with E-state index < -0.39 is 5.54 Å². The Morgan fingerprint density at radius 3 is 2.52 bits per heavy atom. The zero-order valence-corrected chi connectivity index (χ0v) is 12.7. The molecule has 0 saturated carbocycles. The molecule has 114 valence electrons. The Labute approximate surface area is 126 Å². The minimum absolute atomic E-state index is 0.653. The van der Waals surface area contributed by atoms with Crippen LogP contribution in [0.5, 0.6) is 0 Å². The van der Waals surface area contributed by atoms with Crippen LogP contribution in [0.25, 0.3) is 0 Å². The van der Waals surface area contributed by atoms with E-state index in [1.54, 1.807) is 12.4 Å². The topological polar surface area (TPSA) is 82.1 Å². The third kappa shape index (κ3) is 4.38. The number of aromatic nitrogens is 2. The average Bonchev–Trinajstić information content (AvgIpc) is 2.56. The molecular formula is C15H24N6. The second kappa shape index (κ2) is 7.34. The Morgan fingerprint density at radius 2 is 1.95 bits per heavy atom. The molecular weight excluding hydrogens is 264 g/mol. The summed E-state index contributed by atoms with van der Waals surface area (Å²) in [6.07, 6.45) is 6.01. The zero-order chi connectivity index (χ0) is 15.1. The lowest BCUT2D eigenvalue weighted by Crippen LogP contribution is -2.47. The van der Waals surface area contributed by atoms with Crippen LogP contribution in [0.15, 0.2) is 18.5 Å². The molecule has 0 aromatic carbocycles. The van der Waals surface area contributed by atoms with E-state index in [4.69, 9.17) is 11.0 Å². The van der Waals surface area contributed by atoms with Gasteiger partial charge in [0, 0.05) is 38.6 Å². The fourth-order valence-electron chi connectivity index (χ4n) is 2.56. The average molecular weight is 288 g/mol. The number of rotatable bonds is 6. The van der Waals surface area contributed by atoms with E-state index >= 15 is 0 Å². The predicted octanol–water partition coefficient (Wildman–Crippen LogP) is 1.01. The lowest BCUT2D eigenvalue weighted by Gasteiger charge is -2.35. The molecule has 1 unspecified atom stereocenters. The van der Waals surface area contributed by atoms with Gasteiger partial charge in [-0.2, -0.15) is 5.26 Å². The molecule has 2 N–H and O–H groups in total. The van der Waals surface area contributed by atoms with Crippen molar-refractivity contribution in [1.82, 2.24) is 14.9 Å². The lowest BCUT2D eigenvalue weighted by atomic mass is 9.93. The van der Waals surface area contributed by atoms with Crippen LogP contribution in [-0.4, -0.2) is 53.1 Å². The molecule has 2 rings (SSSR count). The van der Waals surface area contributed by atoms with Crippen molar-refractivity contribution < 1.29 is 0 Å². The molecule has 21 heavy (non-hydrogen) atoms. The van der Waals surface area contributed by atoms with Gasteiger partial charge in [-0.05, 0) is 31.9 Å². The number of anilines is 1. The van der Waals surface area contributed by atoms with Crippen molar-refractivity contribution in [1.29, 1.82) is 5.26 Å². The van der Waals surface area contributed by atoms with Crippen LogP contribution in [0.4, 0.5) is 5.95 Å². The quantitative estimate of drug-likeness (QED) is 0.841. The Hall–Kier alpha value is -1.71. The highest BCUT2D eigenvalue weighted by atomic mass is 15.3. The molecule has 6 heteroatoms. The summed E-state index contributed by atoms with van der Waals surface area (Å²) in [4.78, 5) is 13.2. The molecule has 0 spiro atoms. The molecule has 1 aromatic rings. The van der Waals surface area contributed by atoms with Crippen molar-refractivity contribution in [3.05, 3.63) is 18.5 Å². The van der Waals surface area contributed by atoms with E-state index in [0.29, 0.717) is 6.42 Å². The maximum absolute atomic E-state index is 9.07. The van der Waals surface area contributed by atoms with Gasteiger partial charge in [0.25, 0.3) is 0 Å². The SMILES string of the molecule is CCC(N)(C#N)CCCN1CCN(c2ncccn2)CC1. The van der Waals surface area contributed by atoms with Gasteiger partial charge in [-0.25, -0.2) is 9.97 Å². The van der Waals surface area contributed by atoms with Gasteiger partial charge < -0.3 is 10.6 Å². The van der Waals surface area contributed by atoms with Crippen LogP contribution in [0.2, 0.25) is 0 Å². The largest absolute Gasteiger partial charge is 0.338 e. The van der Waals surface area contributed by atoms with Gasteiger partial charge in [-0.3, -0.25) is 4.90 Å². The third-order valence-electron chi connectivity index (χ3n) is 4.16. The smallest absolute Gasteiger partial charge is 0.225 e. The van der Waals surface area contributed by atoms with E-state index in [-0.39, 0.29) is 0 Å². The van der Waals surface area contributed by atoms with Crippen LogP contribution >= 0.6 is 0 Å². The molecule has 6 nitrogen and oxygen atoms in total. The first-order valence-electron chi connectivity index (χ1n) is 7.61. The van der Waals surface area contributed by atoms with Crippen LogP contribution < -0.4 is 10.6 Å². The minimum atomic E-state index is -0.653. The normalized spacial score (nSPS) is 19.0. The Bertz CT molecular complexity index is 463. The van der Waals surface area contributed by atoms with Crippen LogP contribution in [0.1, 0.15) is 26.2 Å². The van der Waals surface area contributed by atoms with Gasteiger partial charge in [0.05, 0.1) is 6.07 Å². The van der Waals surface area contributed by atoms with Crippen molar-refractivity contribution in [3.8, 4) is 6.07 Å². The number of nitriles is 1. The monoisotopic (exact) mass is 288 g/mol. The Balaban J connectivity index is 1.72. The number of nitrogens with zero attached hydrogens (tertiary/aromatic N) is 5. The Morgan fingerprint density at radius 1 is 1.29 bits per heavy atom. The molecule has 1 fully saturated rings. The molecule has 0 bridgehead atoms. The summed E-state index contributed by atoms with van der Waals surface area (Å²) in [6.45, 7) is 6.89. The first kappa shape index (κ1) is 15.7. The van der Waals surface area contributed by atoms with E-state index in [2.05, 4.69) is 25.8 Å². The Kier molecular flexibility index (Phi) is 5.48. The van der Waals surface area contributed by atoms with Gasteiger partial charge in [0.2, 0.25) is 5.95 Å². The summed E-state index contributed by atoms with van der Waals surface area (Å²) in [5, 5.41) is 9.07. The fourth-order valence-corrected chi connectivity index (χ4v) is 2.56. The molecule has 1 saturated heterocycles. The molecule has 2 heterocycles. The highest BCUT2D eigenvalue weighted by Crippen LogP contribution is 2.15. The summed E-state index contributed by atoms with van der Waals surface area (Å²) in [5.41, 5.74) is 5.35. The highest BCUT2D eigenvalue weighted by Gasteiger charge is 2.23. The van der Waals surface area contributed by atoms with Gasteiger partial charge in [0.1, 0.15) is 5.54 Å². The van der Waals surface area contributed by atoms with Crippen molar-refractivity contribution in [3.63, 3.8) is 0 Å². The number of piperazine rings is 1. The van der Waals surface area contributed by atoms with E-state index in [0.717, 1.165) is 51.5 Å². The number of hydrogen-bond donors (Lipinski definition) is 1. The van der Waals surface area contributed by atoms with Crippen molar-refractivity contribution in [2.24, 2.45) is 5.73 Å². The van der Waals surface area contributed by atoms with Crippen molar-refractivity contribution >= 4 is 5.95 Å². The van der Waals surface area contributed by atoms with E-state index in [1.165, 1.54) is 0 Å². The van der Waals surface area contributed by atoms with Crippen LogP contribution in [0, 0.1) is 11.3 Å². The summed E-state index contributed by atoms with van der Waals surface area (Å²) in [5.74, 6) is 0.814. The highest BCUT2D eigenvalue weighted by molar-refractivity contribution is 5.29. The lowest BCUT2D eigenvalue weighted by molar-refractivity contribution is 0.245. The van der Waals surface area contributed by atoms with Crippen molar-refractivity contribution in [2.75, 3.05) is 37.6 Å². The van der Waals surface area contributed by atoms with E-state index in [1.807, 2.05) is 13.0 Å². The fraction of sp³-hybridized carbons (Fsp3) is 0.667. The molecule has 0 amide bonds. The molecule has 0 aliphatic carbocycles. The number of hydrogen-bond acceptors (Lipinski definition) is 6. The van der Waals surface area contributed by atoms with Crippen LogP contribution in [0.3, 0.4) is 0 Å². The first-order valence-corrected chi connectivity index (χ1v) is 7.61. The van der Waals surface area contributed by atoms with Gasteiger partial charge in [-0.15, -0.1) is 0 Å². The first-order chi connectivity index (χ1) is 10.2. The molecule has 1 atom stereocenters. The number of nitrogens with two attached hydrogens (primary N) is 1. The maximum Gasteiger partial charge on any atom is 0.225 e. The summed E-state index contributed by atoms with van der Waals surface area (Å²) >= 11 is 0.